The average molecular weight is 303 g/mol. The lowest BCUT2D eigenvalue weighted by molar-refractivity contribution is 0.534. The second kappa shape index (κ2) is 5.26. The van der Waals surface area contributed by atoms with E-state index in [4.69, 9.17) is 17.3 Å². The summed E-state index contributed by atoms with van der Waals surface area (Å²) in [6.45, 7) is 3.71. The van der Waals surface area contributed by atoms with Crippen molar-refractivity contribution in [1.82, 2.24) is 14.8 Å². The quantitative estimate of drug-likeness (QED) is 0.855. The maximum atomic E-state index is 13.4. The van der Waals surface area contributed by atoms with E-state index in [1.165, 1.54) is 16.7 Å². The summed E-state index contributed by atoms with van der Waals surface area (Å²) in [6, 6.07) is 2.50. The minimum atomic E-state index is -0.563. The minimum absolute atomic E-state index is 0.0369. The van der Waals surface area contributed by atoms with Crippen LogP contribution in [-0.4, -0.2) is 14.8 Å². The number of nitrogens with one attached hydrogen (secondary N) is 1. The van der Waals surface area contributed by atoms with Crippen LogP contribution in [0.4, 0.5) is 10.1 Å². The van der Waals surface area contributed by atoms with Gasteiger partial charge in [0.25, 0.3) is 0 Å². The Morgan fingerprint density at radius 3 is 2.84 bits per heavy atom. The van der Waals surface area contributed by atoms with Crippen LogP contribution in [0.3, 0.4) is 0 Å². The molecule has 0 aliphatic rings. The zero-order valence-corrected chi connectivity index (χ0v) is 11.8. The topological polar surface area (TPSA) is 76.7 Å². The summed E-state index contributed by atoms with van der Waals surface area (Å²) in [7, 11) is 0. The van der Waals surface area contributed by atoms with Crippen LogP contribution in [0.15, 0.2) is 27.0 Å². The molecule has 0 radical (unpaired) electrons. The van der Waals surface area contributed by atoms with Crippen LogP contribution in [0.5, 0.6) is 0 Å². The third-order valence-electron chi connectivity index (χ3n) is 2.44. The fourth-order valence-electron chi connectivity index (χ4n) is 1.55. The number of aromatic amines is 1. The molecule has 8 heteroatoms. The molecule has 0 saturated heterocycles. The molecule has 0 aliphatic heterocycles. The molecule has 1 heterocycles. The summed E-state index contributed by atoms with van der Waals surface area (Å²) >= 11 is 6.74. The molecule has 0 bridgehead atoms. The van der Waals surface area contributed by atoms with E-state index >= 15 is 0 Å². The highest BCUT2D eigenvalue weighted by atomic mass is 35.5. The molecule has 5 nitrogen and oxygen atoms in total. The van der Waals surface area contributed by atoms with E-state index in [0.717, 1.165) is 11.8 Å². The minimum Gasteiger partial charge on any atom is -0.398 e. The molecule has 2 aromatic rings. The largest absolute Gasteiger partial charge is 0.398 e. The maximum Gasteiger partial charge on any atom is 0.344 e. The number of halogens is 2. The summed E-state index contributed by atoms with van der Waals surface area (Å²) in [5, 5.41) is 6.65. The number of benzene rings is 1. The van der Waals surface area contributed by atoms with Crippen molar-refractivity contribution < 1.29 is 4.39 Å². The number of nitrogens with two attached hydrogens (primary N) is 1. The van der Waals surface area contributed by atoms with Crippen molar-refractivity contribution in [2.75, 3.05) is 5.73 Å². The Labute approximate surface area is 118 Å². The Bertz CT molecular complexity index is 667. The number of H-pyrrole nitrogens is 1. The summed E-state index contributed by atoms with van der Waals surface area (Å²) in [5.41, 5.74) is 5.79. The molecule has 0 atom stereocenters. The van der Waals surface area contributed by atoms with E-state index in [-0.39, 0.29) is 16.8 Å². The number of nitrogens with zero attached hydrogens (tertiary/aromatic N) is 2. The van der Waals surface area contributed by atoms with E-state index in [0.29, 0.717) is 15.7 Å². The number of nitrogen functional groups attached to an aromatic ring is 1. The van der Waals surface area contributed by atoms with Gasteiger partial charge in [-0.3, -0.25) is 4.57 Å². The highest BCUT2D eigenvalue weighted by molar-refractivity contribution is 7.99. The molecular weight excluding hydrogens is 291 g/mol. The van der Waals surface area contributed by atoms with Gasteiger partial charge < -0.3 is 5.73 Å². The van der Waals surface area contributed by atoms with Gasteiger partial charge in [0.15, 0.2) is 5.16 Å². The lowest BCUT2D eigenvalue weighted by Crippen LogP contribution is -2.19. The van der Waals surface area contributed by atoms with Crippen molar-refractivity contribution >= 4 is 29.1 Å². The third-order valence-corrected chi connectivity index (χ3v) is 3.78. The van der Waals surface area contributed by atoms with Gasteiger partial charge in [-0.15, -0.1) is 5.10 Å². The van der Waals surface area contributed by atoms with Crippen LogP contribution in [0.2, 0.25) is 5.02 Å². The summed E-state index contributed by atoms with van der Waals surface area (Å²) in [5.74, 6) is -0.563. The normalized spacial score (nSPS) is 11.2. The zero-order valence-electron chi connectivity index (χ0n) is 10.3. The second-order valence-electron chi connectivity index (χ2n) is 4.18. The predicted molar refractivity (Wildman–Crippen MR) is 73.2 cm³/mol. The summed E-state index contributed by atoms with van der Waals surface area (Å²) < 4.78 is 14.9. The van der Waals surface area contributed by atoms with Crippen molar-refractivity contribution in [2.24, 2.45) is 0 Å². The van der Waals surface area contributed by atoms with Gasteiger partial charge >= 0.3 is 5.69 Å². The number of rotatable bonds is 3. The van der Waals surface area contributed by atoms with Gasteiger partial charge in [0, 0.05) is 16.6 Å². The van der Waals surface area contributed by atoms with E-state index in [1.54, 1.807) is 0 Å². The fraction of sp³-hybridized carbons (Fsp3) is 0.273. The molecule has 19 heavy (non-hydrogen) atoms. The number of hydrogen-bond acceptors (Lipinski definition) is 4. The molecule has 0 saturated carbocycles. The first-order valence-corrected chi connectivity index (χ1v) is 6.69. The molecule has 3 N–H and O–H groups in total. The smallest absolute Gasteiger partial charge is 0.344 e. The third kappa shape index (κ3) is 2.76. The second-order valence-corrected chi connectivity index (χ2v) is 5.60. The Kier molecular flexibility index (Phi) is 3.86. The lowest BCUT2D eigenvalue weighted by atomic mass is 10.3. The molecule has 0 unspecified atom stereocenters. The Morgan fingerprint density at radius 2 is 2.21 bits per heavy atom. The highest BCUT2D eigenvalue weighted by Gasteiger charge is 2.15. The molecule has 1 aromatic carbocycles. The van der Waals surface area contributed by atoms with E-state index < -0.39 is 5.82 Å². The van der Waals surface area contributed by atoms with E-state index in [1.807, 2.05) is 13.8 Å². The van der Waals surface area contributed by atoms with Crippen molar-refractivity contribution in [3.8, 4) is 0 Å². The van der Waals surface area contributed by atoms with Crippen LogP contribution in [0, 0.1) is 5.82 Å². The van der Waals surface area contributed by atoms with Gasteiger partial charge in [-0.05, 0) is 37.7 Å². The van der Waals surface area contributed by atoms with Gasteiger partial charge in [0.1, 0.15) is 5.82 Å². The first-order valence-electron chi connectivity index (χ1n) is 5.49. The maximum absolute atomic E-state index is 13.4. The zero-order chi connectivity index (χ0) is 14.2. The van der Waals surface area contributed by atoms with Gasteiger partial charge in [-0.2, -0.15) is 0 Å². The molecule has 102 valence electrons. The Morgan fingerprint density at radius 1 is 1.53 bits per heavy atom. The lowest BCUT2D eigenvalue weighted by Gasteiger charge is -2.10. The number of anilines is 1. The van der Waals surface area contributed by atoms with Crippen LogP contribution in [0.25, 0.3) is 0 Å². The fourth-order valence-corrected chi connectivity index (χ4v) is 2.74. The Hall–Kier alpha value is -1.47. The predicted octanol–water partition coefficient (Wildman–Crippen LogP) is 2.68. The average Bonchev–Trinajstić information content (AvgIpc) is 2.67. The monoisotopic (exact) mass is 302 g/mol. The molecule has 2 rings (SSSR count). The molecular formula is C11H12ClFN4OS. The van der Waals surface area contributed by atoms with Gasteiger partial charge in [0.2, 0.25) is 0 Å². The first kappa shape index (κ1) is 14.0. The SMILES string of the molecule is CC(C)n1c(Sc2cc(F)c(Cl)cc2N)n[nH]c1=O. The summed E-state index contributed by atoms with van der Waals surface area (Å²) in [4.78, 5) is 12.0. The van der Waals surface area contributed by atoms with Crippen LogP contribution < -0.4 is 11.4 Å². The van der Waals surface area contributed by atoms with Crippen LogP contribution >= 0.6 is 23.4 Å². The molecule has 0 spiro atoms. The van der Waals surface area contributed by atoms with Crippen LogP contribution in [0.1, 0.15) is 19.9 Å². The van der Waals surface area contributed by atoms with Gasteiger partial charge in [-0.25, -0.2) is 14.3 Å². The van der Waals surface area contributed by atoms with Crippen molar-refractivity contribution in [3.63, 3.8) is 0 Å². The van der Waals surface area contributed by atoms with Crippen molar-refractivity contribution in [1.29, 1.82) is 0 Å². The highest BCUT2D eigenvalue weighted by Crippen LogP contribution is 2.34. The van der Waals surface area contributed by atoms with Crippen molar-refractivity contribution in [2.45, 2.75) is 29.9 Å². The molecule has 0 aliphatic carbocycles. The standard InChI is InChI=1S/C11H12ClFN4OS/c1-5(2)17-10(18)15-16-11(17)19-9-4-7(13)6(12)3-8(9)14/h3-5H,14H2,1-2H3,(H,15,18). The molecule has 0 fully saturated rings. The molecule has 1 aromatic heterocycles. The Balaban J connectivity index is 2.42. The first-order chi connectivity index (χ1) is 8.90. The van der Waals surface area contributed by atoms with E-state index in [9.17, 15) is 9.18 Å². The van der Waals surface area contributed by atoms with Crippen LogP contribution in [-0.2, 0) is 0 Å². The van der Waals surface area contributed by atoms with Crippen molar-refractivity contribution in [3.05, 3.63) is 33.5 Å². The van der Waals surface area contributed by atoms with E-state index in [2.05, 4.69) is 10.2 Å². The van der Waals surface area contributed by atoms with Gasteiger partial charge in [0.05, 0.1) is 5.02 Å². The molecule has 0 amide bonds. The number of hydrogen-bond donors (Lipinski definition) is 2. The number of aromatic nitrogens is 3. The summed E-state index contributed by atoms with van der Waals surface area (Å²) in [6.07, 6.45) is 0. The van der Waals surface area contributed by atoms with Gasteiger partial charge in [-0.1, -0.05) is 11.6 Å².